The second kappa shape index (κ2) is 6.89. The summed E-state index contributed by atoms with van der Waals surface area (Å²) in [6, 6.07) is 8.02. The molecule has 0 heterocycles. The molecule has 1 atom stereocenters. The van der Waals surface area contributed by atoms with E-state index in [2.05, 4.69) is 26.1 Å². The highest BCUT2D eigenvalue weighted by Crippen LogP contribution is 2.19. The maximum absolute atomic E-state index is 10.6. The van der Waals surface area contributed by atoms with Crippen LogP contribution in [0.4, 0.5) is 5.69 Å². The van der Waals surface area contributed by atoms with E-state index in [9.17, 15) is 4.79 Å². The number of carbonyl (C=O) groups is 1. The van der Waals surface area contributed by atoms with Crippen LogP contribution in [0.1, 0.15) is 27.2 Å². The second-order valence-corrected chi connectivity index (χ2v) is 4.68. The van der Waals surface area contributed by atoms with Crippen molar-refractivity contribution in [1.29, 1.82) is 0 Å². The molecule has 0 saturated carbocycles. The van der Waals surface area contributed by atoms with E-state index in [0.29, 0.717) is 17.7 Å². The summed E-state index contributed by atoms with van der Waals surface area (Å²) in [5.74, 6) is 0.765. The highest BCUT2D eigenvalue weighted by atomic mass is 16.5. The quantitative estimate of drug-likeness (QED) is 0.781. The average molecular weight is 250 g/mol. The Labute approximate surface area is 109 Å². The fourth-order valence-corrected chi connectivity index (χ4v) is 1.76. The molecule has 18 heavy (non-hydrogen) atoms. The summed E-state index contributed by atoms with van der Waals surface area (Å²) in [4.78, 5) is 10.6. The van der Waals surface area contributed by atoms with Crippen molar-refractivity contribution in [3.8, 4) is 5.75 Å². The Bertz CT molecular complexity index is 374. The standard InChI is InChI=1S/C14H22N2O2/c1-4-13(10(2)3)16-11-5-7-12(8-6-11)18-9-14(15)17/h5-8,10,13,16H,4,9H2,1-3H3,(H2,15,17). The minimum Gasteiger partial charge on any atom is -0.484 e. The number of hydrogen-bond acceptors (Lipinski definition) is 3. The molecular weight excluding hydrogens is 228 g/mol. The molecule has 0 saturated heterocycles. The molecule has 1 rings (SSSR count). The van der Waals surface area contributed by atoms with Crippen molar-refractivity contribution in [3.05, 3.63) is 24.3 Å². The predicted molar refractivity (Wildman–Crippen MR) is 73.7 cm³/mol. The van der Waals surface area contributed by atoms with Gasteiger partial charge >= 0.3 is 0 Å². The topological polar surface area (TPSA) is 64.3 Å². The molecule has 0 fully saturated rings. The average Bonchev–Trinajstić information content (AvgIpc) is 2.34. The lowest BCUT2D eigenvalue weighted by atomic mass is 10.0. The van der Waals surface area contributed by atoms with E-state index in [4.69, 9.17) is 10.5 Å². The summed E-state index contributed by atoms with van der Waals surface area (Å²) in [5.41, 5.74) is 6.07. The van der Waals surface area contributed by atoms with Gasteiger partial charge in [-0.3, -0.25) is 4.79 Å². The van der Waals surface area contributed by atoms with Crippen LogP contribution in [-0.2, 0) is 4.79 Å². The Hall–Kier alpha value is -1.71. The van der Waals surface area contributed by atoms with Gasteiger partial charge in [0, 0.05) is 11.7 Å². The number of amides is 1. The third-order valence-electron chi connectivity index (χ3n) is 2.83. The number of rotatable bonds is 7. The predicted octanol–water partition coefficient (Wildman–Crippen LogP) is 2.40. The lowest BCUT2D eigenvalue weighted by Crippen LogP contribution is -2.24. The van der Waals surface area contributed by atoms with E-state index in [1.807, 2.05) is 24.3 Å². The van der Waals surface area contributed by atoms with Crippen molar-refractivity contribution in [2.45, 2.75) is 33.2 Å². The number of nitrogens with one attached hydrogen (secondary N) is 1. The van der Waals surface area contributed by atoms with Crippen molar-refractivity contribution in [2.24, 2.45) is 11.7 Å². The molecule has 0 aromatic heterocycles. The third kappa shape index (κ3) is 4.65. The first-order valence-electron chi connectivity index (χ1n) is 6.30. The molecule has 0 bridgehead atoms. The molecule has 1 amide bonds. The molecule has 0 aliphatic heterocycles. The Balaban J connectivity index is 2.56. The minimum absolute atomic E-state index is 0.0870. The number of benzene rings is 1. The lowest BCUT2D eigenvalue weighted by molar-refractivity contribution is -0.119. The van der Waals surface area contributed by atoms with Gasteiger partial charge in [-0.25, -0.2) is 0 Å². The largest absolute Gasteiger partial charge is 0.484 e. The molecule has 0 aliphatic rings. The van der Waals surface area contributed by atoms with Crippen LogP contribution in [0.25, 0.3) is 0 Å². The van der Waals surface area contributed by atoms with E-state index in [0.717, 1.165) is 12.1 Å². The van der Waals surface area contributed by atoms with Crippen molar-refractivity contribution in [1.82, 2.24) is 0 Å². The summed E-state index contributed by atoms with van der Waals surface area (Å²) < 4.78 is 5.20. The van der Waals surface area contributed by atoms with E-state index in [1.165, 1.54) is 0 Å². The first kappa shape index (κ1) is 14.4. The fourth-order valence-electron chi connectivity index (χ4n) is 1.76. The van der Waals surface area contributed by atoms with Gasteiger partial charge in [-0.1, -0.05) is 20.8 Å². The summed E-state index contributed by atoms with van der Waals surface area (Å²) in [6.45, 7) is 6.48. The monoisotopic (exact) mass is 250 g/mol. The second-order valence-electron chi connectivity index (χ2n) is 4.68. The molecule has 0 radical (unpaired) electrons. The van der Waals surface area contributed by atoms with Gasteiger partial charge < -0.3 is 15.8 Å². The third-order valence-corrected chi connectivity index (χ3v) is 2.83. The normalized spacial score (nSPS) is 12.2. The molecule has 3 N–H and O–H groups in total. The van der Waals surface area contributed by atoms with Crippen molar-refractivity contribution in [2.75, 3.05) is 11.9 Å². The van der Waals surface area contributed by atoms with Crippen LogP contribution < -0.4 is 15.8 Å². The molecule has 1 aromatic rings. The highest BCUT2D eigenvalue weighted by molar-refractivity contribution is 5.75. The first-order valence-corrected chi connectivity index (χ1v) is 6.30. The number of anilines is 1. The van der Waals surface area contributed by atoms with Gasteiger partial charge in [0.1, 0.15) is 5.75 Å². The Kier molecular flexibility index (Phi) is 5.49. The van der Waals surface area contributed by atoms with Crippen LogP contribution >= 0.6 is 0 Å². The van der Waals surface area contributed by atoms with Gasteiger partial charge in [0.15, 0.2) is 6.61 Å². The van der Waals surface area contributed by atoms with E-state index < -0.39 is 5.91 Å². The number of hydrogen-bond donors (Lipinski definition) is 2. The lowest BCUT2D eigenvalue weighted by Gasteiger charge is -2.22. The molecule has 4 heteroatoms. The van der Waals surface area contributed by atoms with Crippen LogP contribution in [-0.4, -0.2) is 18.6 Å². The van der Waals surface area contributed by atoms with Gasteiger partial charge in [-0.05, 0) is 36.6 Å². The zero-order valence-corrected chi connectivity index (χ0v) is 11.3. The minimum atomic E-state index is -0.469. The fraction of sp³-hybridized carbons (Fsp3) is 0.500. The molecule has 0 spiro atoms. The maximum atomic E-state index is 10.6. The number of primary amides is 1. The Morgan fingerprint density at radius 3 is 2.39 bits per heavy atom. The summed E-state index contributed by atoms with van der Waals surface area (Å²) in [6.07, 6.45) is 1.08. The van der Waals surface area contributed by atoms with Crippen molar-refractivity contribution >= 4 is 11.6 Å². The van der Waals surface area contributed by atoms with Gasteiger partial charge in [0.25, 0.3) is 5.91 Å². The van der Waals surface area contributed by atoms with Crippen molar-refractivity contribution in [3.63, 3.8) is 0 Å². The van der Waals surface area contributed by atoms with Crippen LogP contribution in [0.15, 0.2) is 24.3 Å². The van der Waals surface area contributed by atoms with E-state index in [1.54, 1.807) is 0 Å². The zero-order valence-electron chi connectivity index (χ0n) is 11.3. The zero-order chi connectivity index (χ0) is 13.5. The van der Waals surface area contributed by atoms with Crippen molar-refractivity contribution < 1.29 is 9.53 Å². The molecule has 4 nitrogen and oxygen atoms in total. The SMILES string of the molecule is CCC(Nc1ccc(OCC(N)=O)cc1)C(C)C. The summed E-state index contributed by atoms with van der Waals surface area (Å²) >= 11 is 0. The van der Waals surface area contributed by atoms with E-state index >= 15 is 0 Å². The Morgan fingerprint density at radius 1 is 1.33 bits per heavy atom. The van der Waals surface area contributed by atoms with Gasteiger partial charge in [-0.15, -0.1) is 0 Å². The maximum Gasteiger partial charge on any atom is 0.255 e. The van der Waals surface area contributed by atoms with Crippen LogP contribution in [0, 0.1) is 5.92 Å². The highest BCUT2D eigenvalue weighted by Gasteiger charge is 2.10. The van der Waals surface area contributed by atoms with Gasteiger partial charge in [0.2, 0.25) is 0 Å². The number of carbonyl (C=O) groups excluding carboxylic acids is 1. The van der Waals surface area contributed by atoms with Crippen LogP contribution in [0.5, 0.6) is 5.75 Å². The summed E-state index contributed by atoms with van der Waals surface area (Å²) in [7, 11) is 0. The smallest absolute Gasteiger partial charge is 0.255 e. The molecule has 100 valence electrons. The number of nitrogens with two attached hydrogens (primary N) is 1. The molecule has 1 aromatic carbocycles. The van der Waals surface area contributed by atoms with E-state index in [-0.39, 0.29) is 6.61 Å². The summed E-state index contributed by atoms with van der Waals surface area (Å²) in [5, 5.41) is 3.47. The molecule has 1 unspecified atom stereocenters. The molecular formula is C14H22N2O2. The van der Waals surface area contributed by atoms with Gasteiger partial charge in [-0.2, -0.15) is 0 Å². The Morgan fingerprint density at radius 2 is 1.94 bits per heavy atom. The molecule has 0 aliphatic carbocycles. The first-order chi connectivity index (χ1) is 8.52. The number of ether oxygens (including phenoxy) is 1. The van der Waals surface area contributed by atoms with Gasteiger partial charge in [0.05, 0.1) is 0 Å². The van der Waals surface area contributed by atoms with Crippen LogP contribution in [0.3, 0.4) is 0 Å². The van der Waals surface area contributed by atoms with Crippen LogP contribution in [0.2, 0.25) is 0 Å².